The first-order valence-electron chi connectivity index (χ1n) is 8.44. The van der Waals surface area contributed by atoms with Gasteiger partial charge in [-0.2, -0.15) is 0 Å². The van der Waals surface area contributed by atoms with Crippen LogP contribution in [0.15, 0.2) is 40.8 Å². The topological polar surface area (TPSA) is 91.7 Å². The Kier molecular flexibility index (Phi) is 4.54. The highest BCUT2D eigenvalue weighted by Crippen LogP contribution is 2.30. The number of para-hydroxylation sites is 1. The van der Waals surface area contributed by atoms with Crippen LogP contribution >= 0.6 is 0 Å². The molecule has 0 radical (unpaired) electrons. The van der Waals surface area contributed by atoms with Gasteiger partial charge < -0.3 is 15.1 Å². The van der Waals surface area contributed by atoms with Gasteiger partial charge in [-0.15, -0.1) is 0 Å². The van der Waals surface area contributed by atoms with E-state index in [9.17, 15) is 14.4 Å². The number of anilines is 1. The van der Waals surface area contributed by atoms with Gasteiger partial charge in [0.15, 0.2) is 5.54 Å². The van der Waals surface area contributed by atoms with Crippen LogP contribution in [0.5, 0.6) is 0 Å². The molecule has 0 saturated carbocycles. The van der Waals surface area contributed by atoms with Gasteiger partial charge in [-0.3, -0.25) is 14.5 Å². The smallest absolute Gasteiger partial charge is 0.325 e. The summed E-state index contributed by atoms with van der Waals surface area (Å²) >= 11 is 0. The standard InChI is InChI=1S/C19H21N3O4/c1-4-13-7-5-6-8-14(13)20-16(23)11-22-17(24)19(3,21-18(22)25)15-10-9-12(2)26-15/h5-10H,4,11H2,1-3H3,(H,20,23)(H,21,25). The minimum atomic E-state index is -1.31. The molecule has 26 heavy (non-hydrogen) atoms. The molecule has 2 heterocycles. The van der Waals surface area contributed by atoms with Crippen LogP contribution in [-0.4, -0.2) is 29.3 Å². The molecule has 0 spiro atoms. The zero-order valence-electron chi connectivity index (χ0n) is 15.0. The Morgan fingerprint density at radius 2 is 1.96 bits per heavy atom. The molecule has 7 nitrogen and oxygen atoms in total. The van der Waals surface area contributed by atoms with Gasteiger partial charge >= 0.3 is 6.03 Å². The van der Waals surface area contributed by atoms with E-state index in [4.69, 9.17) is 4.42 Å². The number of furan rings is 1. The molecule has 1 aromatic heterocycles. The predicted molar refractivity (Wildman–Crippen MR) is 95.5 cm³/mol. The molecule has 1 aliphatic rings. The summed E-state index contributed by atoms with van der Waals surface area (Å²) in [5.41, 5.74) is 0.345. The van der Waals surface area contributed by atoms with Gasteiger partial charge in [0, 0.05) is 5.69 Å². The molecule has 0 bridgehead atoms. The summed E-state index contributed by atoms with van der Waals surface area (Å²) in [6, 6.07) is 10.2. The Morgan fingerprint density at radius 3 is 2.62 bits per heavy atom. The zero-order chi connectivity index (χ0) is 18.9. The first-order valence-corrected chi connectivity index (χ1v) is 8.44. The summed E-state index contributed by atoms with van der Waals surface area (Å²) in [5.74, 6) is 0.0216. The van der Waals surface area contributed by atoms with E-state index >= 15 is 0 Å². The Hall–Kier alpha value is -3.09. The molecule has 4 amide bonds. The Balaban J connectivity index is 1.74. The van der Waals surface area contributed by atoms with Gasteiger partial charge in [-0.05, 0) is 44.0 Å². The van der Waals surface area contributed by atoms with Crippen molar-refractivity contribution < 1.29 is 18.8 Å². The van der Waals surface area contributed by atoms with E-state index in [1.807, 2.05) is 25.1 Å². The van der Waals surface area contributed by atoms with Crippen molar-refractivity contribution >= 4 is 23.5 Å². The summed E-state index contributed by atoms with van der Waals surface area (Å²) in [5, 5.41) is 5.38. The molecule has 1 unspecified atom stereocenters. The van der Waals surface area contributed by atoms with Crippen LogP contribution in [0.3, 0.4) is 0 Å². The van der Waals surface area contributed by atoms with Crippen molar-refractivity contribution in [2.24, 2.45) is 0 Å². The molecular formula is C19H21N3O4. The van der Waals surface area contributed by atoms with Crippen molar-refractivity contribution in [3.63, 3.8) is 0 Å². The van der Waals surface area contributed by atoms with E-state index in [1.165, 1.54) is 0 Å². The van der Waals surface area contributed by atoms with Crippen LogP contribution in [0, 0.1) is 6.92 Å². The molecule has 2 N–H and O–H groups in total. The van der Waals surface area contributed by atoms with Crippen molar-refractivity contribution in [3.8, 4) is 0 Å². The lowest BCUT2D eigenvalue weighted by atomic mass is 9.99. The average molecular weight is 355 g/mol. The first-order chi connectivity index (χ1) is 12.3. The van der Waals surface area contributed by atoms with Crippen LogP contribution in [0.1, 0.15) is 30.9 Å². The largest absolute Gasteiger partial charge is 0.463 e. The fourth-order valence-corrected chi connectivity index (χ4v) is 2.99. The number of rotatable bonds is 5. The quantitative estimate of drug-likeness (QED) is 0.807. The third kappa shape index (κ3) is 3.08. The molecule has 136 valence electrons. The van der Waals surface area contributed by atoms with Crippen molar-refractivity contribution in [2.45, 2.75) is 32.7 Å². The fraction of sp³-hybridized carbons (Fsp3) is 0.316. The van der Waals surface area contributed by atoms with Gasteiger partial charge in [-0.1, -0.05) is 25.1 Å². The van der Waals surface area contributed by atoms with Crippen LogP contribution in [-0.2, 0) is 21.5 Å². The highest BCUT2D eigenvalue weighted by Gasteiger charge is 2.51. The van der Waals surface area contributed by atoms with E-state index < -0.39 is 23.4 Å². The monoisotopic (exact) mass is 355 g/mol. The lowest BCUT2D eigenvalue weighted by molar-refractivity contribution is -0.134. The van der Waals surface area contributed by atoms with Gasteiger partial charge in [0.2, 0.25) is 5.91 Å². The van der Waals surface area contributed by atoms with E-state index in [2.05, 4.69) is 10.6 Å². The van der Waals surface area contributed by atoms with Crippen molar-refractivity contribution in [1.82, 2.24) is 10.2 Å². The SMILES string of the molecule is CCc1ccccc1NC(=O)CN1C(=O)NC(C)(c2ccc(C)o2)C1=O. The van der Waals surface area contributed by atoms with Crippen LogP contribution in [0.2, 0.25) is 0 Å². The summed E-state index contributed by atoms with van der Waals surface area (Å²) in [7, 11) is 0. The predicted octanol–water partition coefficient (Wildman–Crippen LogP) is 2.56. The number of nitrogens with one attached hydrogen (secondary N) is 2. The Labute approximate surface area is 151 Å². The molecule has 7 heteroatoms. The summed E-state index contributed by atoms with van der Waals surface area (Å²) < 4.78 is 5.51. The van der Waals surface area contributed by atoms with E-state index in [0.29, 0.717) is 17.2 Å². The molecule has 1 aromatic carbocycles. The minimum absolute atomic E-state index is 0.340. The summed E-state index contributed by atoms with van der Waals surface area (Å²) in [4.78, 5) is 38.3. The second-order valence-corrected chi connectivity index (χ2v) is 6.42. The van der Waals surface area contributed by atoms with Gasteiger partial charge in [0.05, 0.1) is 0 Å². The van der Waals surface area contributed by atoms with Gasteiger partial charge in [-0.25, -0.2) is 4.79 Å². The molecule has 3 rings (SSSR count). The second-order valence-electron chi connectivity index (χ2n) is 6.42. The molecule has 1 fully saturated rings. The zero-order valence-corrected chi connectivity index (χ0v) is 15.0. The molecule has 1 aliphatic heterocycles. The molecule has 1 atom stereocenters. The maximum absolute atomic E-state index is 12.8. The second kappa shape index (κ2) is 6.67. The number of carbonyl (C=O) groups excluding carboxylic acids is 3. The van der Waals surface area contributed by atoms with E-state index in [1.54, 1.807) is 32.0 Å². The minimum Gasteiger partial charge on any atom is -0.463 e. The molecule has 1 saturated heterocycles. The molecule has 2 aromatic rings. The summed E-state index contributed by atoms with van der Waals surface area (Å²) in [6.07, 6.45) is 0.759. The fourth-order valence-electron chi connectivity index (χ4n) is 2.99. The number of benzene rings is 1. The van der Waals surface area contributed by atoms with Gasteiger partial charge in [0.1, 0.15) is 18.1 Å². The molecular weight excluding hydrogens is 334 g/mol. The number of amides is 4. The Bertz CT molecular complexity index is 873. The van der Waals surface area contributed by atoms with Crippen molar-refractivity contribution in [1.29, 1.82) is 0 Å². The lowest BCUT2D eigenvalue weighted by Crippen LogP contribution is -2.42. The van der Waals surface area contributed by atoms with Gasteiger partial charge in [0.25, 0.3) is 5.91 Å². The maximum atomic E-state index is 12.8. The number of aryl methyl sites for hydroxylation is 2. The van der Waals surface area contributed by atoms with E-state index in [-0.39, 0.29) is 6.54 Å². The Morgan fingerprint density at radius 1 is 1.23 bits per heavy atom. The third-order valence-corrected chi connectivity index (χ3v) is 4.48. The number of hydrogen-bond acceptors (Lipinski definition) is 4. The van der Waals surface area contributed by atoms with Crippen molar-refractivity contribution in [2.75, 3.05) is 11.9 Å². The van der Waals surface area contributed by atoms with E-state index in [0.717, 1.165) is 16.9 Å². The first kappa shape index (κ1) is 17.7. The summed E-state index contributed by atoms with van der Waals surface area (Å²) in [6.45, 7) is 4.94. The van der Waals surface area contributed by atoms with Crippen LogP contribution < -0.4 is 10.6 Å². The number of nitrogens with zero attached hydrogens (tertiary/aromatic N) is 1. The normalized spacial score (nSPS) is 19.6. The van der Waals surface area contributed by atoms with Crippen LogP contribution in [0.25, 0.3) is 0 Å². The number of hydrogen-bond donors (Lipinski definition) is 2. The average Bonchev–Trinajstić information content (AvgIpc) is 3.14. The highest BCUT2D eigenvalue weighted by atomic mass is 16.3. The number of urea groups is 1. The number of carbonyl (C=O) groups is 3. The van der Waals surface area contributed by atoms with Crippen LogP contribution in [0.4, 0.5) is 10.5 Å². The number of imide groups is 1. The highest BCUT2D eigenvalue weighted by molar-refractivity contribution is 6.10. The molecule has 0 aliphatic carbocycles. The maximum Gasteiger partial charge on any atom is 0.325 e. The lowest BCUT2D eigenvalue weighted by Gasteiger charge is -2.19. The van der Waals surface area contributed by atoms with Crippen molar-refractivity contribution in [3.05, 3.63) is 53.5 Å². The third-order valence-electron chi connectivity index (χ3n) is 4.48.